The molecule has 10 nitrogen and oxygen atoms in total. The van der Waals surface area contributed by atoms with Crippen LogP contribution in [0.3, 0.4) is 0 Å². The van der Waals surface area contributed by atoms with Crippen LogP contribution in [-0.4, -0.2) is 71.7 Å². The Balaban J connectivity index is 1.73. The van der Waals surface area contributed by atoms with Gasteiger partial charge in [-0.1, -0.05) is 31.1 Å². The molecule has 1 saturated heterocycles. The van der Waals surface area contributed by atoms with Crippen molar-refractivity contribution in [3.63, 3.8) is 0 Å². The van der Waals surface area contributed by atoms with Crippen molar-refractivity contribution in [1.82, 2.24) is 20.2 Å². The number of anilines is 2. The van der Waals surface area contributed by atoms with E-state index in [4.69, 9.17) is 10.6 Å². The fourth-order valence-electron chi connectivity index (χ4n) is 4.25. The van der Waals surface area contributed by atoms with E-state index in [9.17, 15) is 9.59 Å². The number of nitrogen functional groups attached to an aromatic ring is 1. The molecule has 3 N–H and O–H groups in total. The number of benzene rings is 1. The molecule has 3 aromatic rings. The maximum Gasteiger partial charge on any atom is 0.261 e. The number of nitrogens with two attached hydrogens (primary N) is 1. The van der Waals surface area contributed by atoms with E-state index < -0.39 is 0 Å². The van der Waals surface area contributed by atoms with Crippen LogP contribution in [0.5, 0.6) is 0 Å². The Bertz CT molecular complexity index is 1290. The molecule has 1 aliphatic rings. The van der Waals surface area contributed by atoms with Gasteiger partial charge in [0, 0.05) is 42.7 Å². The largest absolute Gasteiger partial charge is 0.394 e. The molecule has 4 rings (SSSR count). The van der Waals surface area contributed by atoms with Crippen LogP contribution in [0, 0.1) is 0 Å². The van der Waals surface area contributed by atoms with Crippen LogP contribution in [-0.2, 0) is 9.63 Å². The zero-order valence-corrected chi connectivity index (χ0v) is 22.3. The highest BCUT2D eigenvalue weighted by Crippen LogP contribution is 2.29. The molecular weight excluding hydrogens is 490 g/mol. The monoisotopic (exact) mass is 523 g/mol. The molecule has 0 unspecified atom stereocenters. The molecule has 1 aromatic carbocycles. The minimum atomic E-state index is -0.177. The Morgan fingerprint density at radius 3 is 2.62 bits per heavy atom. The number of likely N-dealkylation sites (N-methyl/N-ethyl adjacent to an activating group) is 1. The number of rotatable bonds is 11. The number of nitrogens with zero attached hydrogens (tertiary/aromatic N) is 5. The number of aromatic nitrogens is 2. The van der Waals surface area contributed by atoms with Crippen LogP contribution in [0.25, 0.3) is 10.2 Å². The van der Waals surface area contributed by atoms with Gasteiger partial charge in [-0.15, -0.1) is 11.3 Å². The molecule has 0 bridgehead atoms. The highest BCUT2D eigenvalue weighted by atomic mass is 32.1. The third-order valence-electron chi connectivity index (χ3n) is 6.27. The minimum Gasteiger partial charge on any atom is -0.394 e. The average Bonchev–Trinajstić information content (AvgIpc) is 3.52. The first-order chi connectivity index (χ1) is 17.9. The fourth-order valence-corrected chi connectivity index (χ4v) is 5.21. The van der Waals surface area contributed by atoms with Crippen molar-refractivity contribution in [3.8, 4) is 0 Å². The molecule has 196 valence electrons. The summed E-state index contributed by atoms with van der Waals surface area (Å²) in [7, 11) is 0. The quantitative estimate of drug-likeness (QED) is 0.224. The van der Waals surface area contributed by atoms with Crippen LogP contribution in [0.2, 0.25) is 0 Å². The second-order valence-corrected chi connectivity index (χ2v) is 9.65. The van der Waals surface area contributed by atoms with Crippen LogP contribution >= 0.6 is 11.3 Å². The average molecular weight is 524 g/mol. The number of hydrogen-bond acceptors (Lipinski definition) is 9. The second-order valence-electron chi connectivity index (χ2n) is 8.62. The molecule has 1 aliphatic heterocycles. The number of fused-ring (bicyclic) bond motifs is 1. The highest BCUT2D eigenvalue weighted by molar-refractivity contribution is 7.20. The van der Waals surface area contributed by atoms with Gasteiger partial charge in [-0.25, -0.2) is 9.97 Å². The number of thiophene rings is 1. The number of carbonyl (C=O) groups is 2. The van der Waals surface area contributed by atoms with Crippen molar-refractivity contribution in [3.05, 3.63) is 46.5 Å². The lowest BCUT2D eigenvalue weighted by Gasteiger charge is -2.17. The predicted octanol–water partition coefficient (Wildman–Crippen LogP) is 3.26. The molecule has 1 fully saturated rings. The van der Waals surface area contributed by atoms with E-state index in [1.54, 1.807) is 11.0 Å². The number of nitrogens with one attached hydrogen (secondary N) is 1. The summed E-state index contributed by atoms with van der Waals surface area (Å²) in [4.78, 5) is 44.5. The molecule has 0 spiro atoms. The molecule has 0 atom stereocenters. The van der Waals surface area contributed by atoms with Gasteiger partial charge in [-0.3, -0.25) is 9.59 Å². The molecule has 37 heavy (non-hydrogen) atoms. The van der Waals surface area contributed by atoms with E-state index in [0.717, 1.165) is 37.3 Å². The zero-order valence-electron chi connectivity index (χ0n) is 21.5. The van der Waals surface area contributed by atoms with E-state index >= 15 is 0 Å². The van der Waals surface area contributed by atoms with Gasteiger partial charge in [0.2, 0.25) is 11.9 Å². The Kier molecular flexibility index (Phi) is 8.67. The van der Waals surface area contributed by atoms with E-state index in [2.05, 4.69) is 39.2 Å². The summed E-state index contributed by atoms with van der Waals surface area (Å²) in [6, 6.07) is 9.37. The number of oxime groups is 1. The van der Waals surface area contributed by atoms with Gasteiger partial charge >= 0.3 is 0 Å². The van der Waals surface area contributed by atoms with Crippen molar-refractivity contribution in [1.29, 1.82) is 0 Å². The van der Waals surface area contributed by atoms with Gasteiger partial charge in [-0.05, 0) is 44.6 Å². The summed E-state index contributed by atoms with van der Waals surface area (Å²) in [6.07, 6.45) is 1.43. The van der Waals surface area contributed by atoms with Crippen molar-refractivity contribution >= 4 is 50.7 Å². The fraction of sp³-hybridized carbons (Fsp3) is 0.423. The third kappa shape index (κ3) is 6.05. The summed E-state index contributed by atoms with van der Waals surface area (Å²) in [5.41, 5.74) is 8.64. The van der Waals surface area contributed by atoms with Crippen LogP contribution in [0.1, 0.15) is 54.5 Å². The zero-order chi connectivity index (χ0) is 26.4. The first-order valence-corrected chi connectivity index (χ1v) is 13.5. The SMILES string of the molecule is CCNC(=O)c1cc2c(/C(=N/OCCN(CC)CC)c3ccc(N4CCCC4=O)cc3)nc(N)nc2s1. The summed E-state index contributed by atoms with van der Waals surface area (Å²) in [5.74, 6) is 0.0355. The Labute approximate surface area is 220 Å². The van der Waals surface area contributed by atoms with Crippen molar-refractivity contribution in [2.24, 2.45) is 5.16 Å². The van der Waals surface area contributed by atoms with Crippen molar-refractivity contribution in [2.45, 2.75) is 33.6 Å². The normalized spacial score (nSPS) is 14.1. The van der Waals surface area contributed by atoms with E-state index in [0.29, 0.717) is 52.6 Å². The lowest BCUT2D eigenvalue weighted by molar-refractivity contribution is -0.117. The summed E-state index contributed by atoms with van der Waals surface area (Å²) in [5, 5.41) is 7.99. The summed E-state index contributed by atoms with van der Waals surface area (Å²) in [6.45, 7) is 10.3. The number of hydrogen-bond donors (Lipinski definition) is 2. The first-order valence-electron chi connectivity index (χ1n) is 12.6. The maximum absolute atomic E-state index is 12.5. The topological polar surface area (TPSA) is 126 Å². The number of carbonyl (C=O) groups excluding carboxylic acids is 2. The van der Waals surface area contributed by atoms with Gasteiger partial charge in [0.05, 0.1) is 4.88 Å². The van der Waals surface area contributed by atoms with E-state index in [-0.39, 0.29) is 17.8 Å². The predicted molar refractivity (Wildman–Crippen MR) is 147 cm³/mol. The van der Waals surface area contributed by atoms with Crippen LogP contribution < -0.4 is 16.0 Å². The molecule has 2 amide bonds. The van der Waals surface area contributed by atoms with Gasteiger partial charge < -0.3 is 25.7 Å². The lowest BCUT2D eigenvalue weighted by atomic mass is 10.0. The van der Waals surface area contributed by atoms with Crippen molar-refractivity contribution in [2.75, 3.05) is 50.0 Å². The van der Waals surface area contributed by atoms with E-state index in [1.165, 1.54) is 11.3 Å². The third-order valence-corrected chi connectivity index (χ3v) is 7.30. The maximum atomic E-state index is 12.5. The Morgan fingerprint density at radius 2 is 1.97 bits per heavy atom. The molecule has 0 aliphatic carbocycles. The first kappa shape index (κ1) is 26.5. The van der Waals surface area contributed by atoms with Gasteiger partial charge in [0.1, 0.15) is 22.8 Å². The van der Waals surface area contributed by atoms with E-state index in [1.807, 2.05) is 31.2 Å². The second kappa shape index (κ2) is 12.1. The standard InChI is InChI=1S/C26H33N7O3S/c1-4-28-24(35)20-16-19-23(29-26(27)30-25(19)37-20)22(31-36-15-14-32(5-2)6-3)17-9-11-18(12-10-17)33-13-7-8-21(33)34/h9-12,16H,4-8,13-15H2,1-3H3,(H,28,35)(H2,27,29,30)/b31-22+. The molecule has 3 heterocycles. The Hall–Kier alpha value is -3.57. The Morgan fingerprint density at radius 1 is 1.22 bits per heavy atom. The molecule has 2 aromatic heterocycles. The van der Waals surface area contributed by atoms with Crippen LogP contribution in [0.15, 0.2) is 35.5 Å². The summed E-state index contributed by atoms with van der Waals surface area (Å²) >= 11 is 1.25. The molecule has 0 saturated carbocycles. The smallest absolute Gasteiger partial charge is 0.261 e. The van der Waals surface area contributed by atoms with Crippen LogP contribution in [0.4, 0.5) is 11.6 Å². The summed E-state index contributed by atoms with van der Waals surface area (Å²) < 4.78 is 0. The molecule has 11 heteroatoms. The lowest BCUT2D eigenvalue weighted by Crippen LogP contribution is -2.26. The van der Waals surface area contributed by atoms with Crippen molar-refractivity contribution < 1.29 is 14.4 Å². The minimum absolute atomic E-state index is 0.0851. The molecule has 0 radical (unpaired) electrons. The molecular formula is C26H33N7O3S. The van der Waals surface area contributed by atoms with Gasteiger partial charge in [0.25, 0.3) is 5.91 Å². The van der Waals surface area contributed by atoms with Gasteiger partial charge in [-0.2, -0.15) is 0 Å². The highest BCUT2D eigenvalue weighted by Gasteiger charge is 2.23. The van der Waals surface area contributed by atoms with Gasteiger partial charge in [0.15, 0.2) is 0 Å². The number of amides is 2.